The van der Waals surface area contributed by atoms with Crippen molar-refractivity contribution < 1.29 is 19.1 Å². The lowest BCUT2D eigenvalue weighted by atomic mass is 10.2. The van der Waals surface area contributed by atoms with E-state index in [1.54, 1.807) is 72.8 Å². The molecule has 0 unspecified atom stereocenters. The molecule has 152 valence electrons. The van der Waals surface area contributed by atoms with Gasteiger partial charge in [-0.05, 0) is 67.6 Å². The van der Waals surface area contributed by atoms with Crippen molar-refractivity contribution in [3.05, 3.63) is 94.5 Å². The van der Waals surface area contributed by atoms with Gasteiger partial charge in [0.2, 0.25) is 0 Å². The van der Waals surface area contributed by atoms with E-state index >= 15 is 0 Å². The molecule has 0 fully saturated rings. The Kier molecular flexibility index (Phi) is 7.19. The molecule has 1 amide bonds. The molecule has 0 heterocycles. The summed E-state index contributed by atoms with van der Waals surface area (Å²) in [6.45, 7) is 2.44. The van der Waals surface area contributed by atoms with E-state index < -0.39 is 5.97 Å². The van der Waals surface area contributed by atoms with Crippen molar-refractivity contribution in [1.29, 1.82) is 0 Å². The van der Waals surface area contributed by atoms with Crippen LogP contribution in [-0.2, 0) is 0 Å². The van der Waals surface area contributed by atoms with Crippen LogP contribution in [-0.4, -0.2) is 24.7 Å². The Balaban J connectivity index is 1.65. The number of nitrogens with one attached hydrogen (secondary N) is 1. The minimum absolute atomic E-state index is 0.316. The number of amides is 1. The summed E-state index contributed by atoms with van der Waals surface area (Å²) in [5.74, 6) is 0.112. The van der Waals surface area contributed by atoms with Gasteiger partial charge in [0.05, 0.1) is 18.4 Å². The first-order chi connectivity index (χ1) is 14.6. The fourth-order valence-electron chi connectivity index (χ4n) is 2.52. The molecule has 0 spiro atoms. The highest BCUT2D eigenvalue weighted by Gasteiger charge is 2.11. The third-order valence-corrected chi connectivity index (χ3v) is 4.25. The number of halogens is 1. The summed E-state index contributed by atoms with van der Waals surface area (Å²) < 4.78 is 10.8. The molecule has 6 nitrogen and oxygen atoms in total. The van der Waals surface area contributed by atoms with E-state index in [4.69, 9.17) is 21.1 Å². The highest BCUT2D eigenvalue weighted by atomic mass is 35.5. The maximum Gasteiger partial charge on any atom is 0.343 e. The van der Waals surface area contributed by atoms with Crippen molar-refractivity contribution in [2.45, 2.75) is 6.92 Å². The first kappa shape index (κ1) is 21.1. The van der Waals surface area contributed by atoms with Gasteiger partial charge in [-0.1, -0.05) is 23.7 Å². The van der Waals surface area contributed by atoms with Crippen LogP contribution in [0.25, 0.3) is 0 Å². The van der Waals surface area contributed by atoms with Gasteiger partial charge in [0, 0.05) is 16.1 Å². The van der Waals surface area contributed by atoms with Gasteiger partial charge >= 0.3 is 5.97 Å². The molecule has 0 saturated carbocycles. The van der Waals surface area contributed by atoms with E-state index in [1.165, 1.54) is 6.21 Å². The Morgan fingerprint density at radius 2 is 1.63 bits per heavy atom. The Hall–Kier alpha value is -3.64. The molecule has 7 heteroatoms. The van der Waals surface area contributed by atoms with Crippen molar-refractivity contribution in [2.24, 2.45) is 5.10 Å². The highest BCUT2D eigenvalue weighted by Crippen LogP contribution is 2.19. The first-order valence-corrected chi connectivity index (χ1v) is 9.57. The van der Waals surface area contributed by atoms with Crippen LogP contribution in [0.15, 0.2) is 77.9 Å². The summed E-state index contributed by atoms with van der Waals surface area (Å²) in [7, 11) is 0. The van der Waals surface area contributed by atoms with Gasteiger partial charge in [0.25, 0.3) is 5.91 Å². The fourth-order valence-corrected chi connectivity index (χ4v) is 2.65. The number of esters is 1. The molecule has 0 saturated heterocycles. The summed E-state index contributed by atoms with van der Waals surface area (Å²) >= 11 is 5.84. The van der Waals surface area contributed by atoms with Gasteiger partial charge in [-0.25, -0.2) is 10.2 Å². The van der Waals surface area contributed by atoms with Gasteiger partial charge < -0.3 is 9.47 Å². The van der Waals surface area contributed by atoms with Crippen LogP contribution in [0.2, 0.25) is 5.02 Å². The molecular formula is C23H19ClN2O4. The number of nitrogens with zero attached hydrogens (tertiary/aromatic N) is 1. The largest absolute Gasteiger partial charge is 0.494 e. The fraction of sp³-hybridized carbons (Fsp3) is 0.0870. The van der Waals surface area contributed by atoms with Crippen molar-refractivity contribution in [2.75, 3.05) is 6.61 Å². The number of ether oxygens (including phenoxy) is 2. The average Bonchev–Trinajstić information content (AvgIpc) is 2.76. The molecule has 1 N–H and O–H groups in total. The lowest BCUT2D eigenvalue weighted by Gasteiger charge is -2.07. The smallest absolute Gasteiger partial charge is 0.343 e. The standard InChI is InChI=1S/C23H19ClN2O4/c1-2-29-20-13-9-16(10-14-20)22(27)26-25-15-18-5-3-4-6-21(18)30-23(28)17-7-11-19(24)12-8-17/h3-15H,2H2,1H3,(H,26,27)/b25-15+. The molecule has 0 aliphatic carbocycles. The lowest BCUT2D eigenvalue weighted by Crippen LogP contribution is -2.17. The van der Waals surface area contributed by atoms with E-state index in [0.29, 0.717) is 39.8 Å². The van der Waals surface area contributed by atoms with Crippen molar-refractivity contribution in [3.63, 3.8) is 0 Å². The van der Waals surface area contributed by atoms with E-state index in [2.05, 4.69) is 10.5 Å². The molecule has 3 aromatic carbocycles. The Bertz CT molecular complexity index is 1050. The average molecular weight is 423 g/mol. The molecule has 0 radical (unpaired) electrons. The van der Waals surface area contributed by atoms with Gasteiger partial charge in [0.1, 0.15) is 11.5 Å². The SMILES string of the molecule is CCOc1ccc(C(=O)N/N=C/c2ccccc2OC(=O)c2ccc(Cl)cc2)cc1. The van der Waals surface area contributed by atoms with Crippen LogP contribution in [0.1, 0.15) is 33.2 Å². The topological polar surface area (TPSA) is 77.0 Å². The minimum Gasteiger partial charge on any atom is -0.494 e. The van der Waals surface area contributed by atoms with Crippen LogP contribution in [0.5, 0.6) is 11.5 Å². The van der Waals surface area contributed by atoms with E-state index in [0.717, 1.165) is 0 Å². The zero-order chi connectivity index (χ0) is 21.3. The number of hydrogen-bond donors (Lipinski definition) is 1. The zero-order valence-electron chi connectivity index (χ0n) is 16.2. The monoisotopic (exact) mass is 422 g/mol. The van der Waals surface area contributed by atoms with Crippen LogP contribution >= 0.6 is 11.6 Å². The molecule has 0 aliphatic heterocycles. The summed E-state index contributed by atoms with van der Waals surface area (Å²) in [5, 5.41) is 4.49. The zero-order valence-corrected chi connectivity index (χ0v) is 16.9. The van der Waals surface area contributed by atoms with Gasteiger partial charge in [-0.15, -0.1) is 0 Å². The maximum atomic E-state index is 12.3. The second kappa shape index (κ2) is 10.2. The summed E-state index contributed by atoms with van der Waals surface area (Å²) in [4.78, 5) is 24.5. The first-order valence-electron chi connectivity index (χ1n) is 9.20. The molecule has 0 bridgehead atoms. The Labute approximate surface area is 179 Å². The van der Waals surface area contributed by atoms with Gasteiger partial charge in [0.15, 0.2) is 0 Å². The normalized spacial score (nSPS) is 10.6. The van der Waals surface area contributed by atoms with E-state index in [-0.39, 0.29) is 5.91 Å². The number of hydrazone groups is 1. The number of carbonyl (C=O) groups is 2. The number of para-hydroxylation sites is 1. The Morgan fingerprint density at radius 1 is 0.967 bits per heavy atom. The van der Waals surface area contributed by atoms with E-state index in [1.807, 2.05) is 6.92 Å². The van der Waals surface area contributed by atoms with E-state index in [9.17, 15) is 9.59 Å². The Morgan fingerprint density at radius 3 is 2.33 bits per heavy atom. The van der Waals surface area contributed by atoms with Crippen LogP contribution < -0.4 is 14.9 Å². The van der Waals surface area contributed by atoms with Crippen molar-refractivity contribution in [3.8, 4) is 11.5 Å². The molecule has 3 aromatic rings. The summed E-state index contributed by atoms with van der Waals surface area (Å²) in [6.07, 6.45) is 1.41. The van der Waals surface area contributed by atoms with Crippen molar-refractivity contribution in [1.82, 2.24) is 5.43 Å². The molecule has 3 rings (SSSR count). The number of carbonyl (C=O) groups excluding carboxylic acids is 2. The minimum atomic E-state index is -0.522. The van der Waals surface area contributed by atoms with Crippen LogP contribution in [0, 0.1) is 0 Å². The van der Waals surface area contributed by atoms with Gasteiger partial charge in [-0.3, -0.25) is 4.79 Å². The quantitative estimate of drug-likeness (QED) is 0.258. The summed E-state index contributed by atoms with van der Waals surface area (Å²) in [6, 6.07) is 20.0. The predicted molar refractivity (Wildman–Crippen MR) is 116 cm³/mol. The molecule has 0 aliphatic rings. The maximum absolute atomic E-state index is 12.3. The number of benzene rings is 3. The molecular weight excluding hydrogens is 404 g/mol. The third-order valence-electron chi connectivity index (χ3n) is 4.00. The highest BCUT2D eigenvalue weighted by molar-refractivity contribution is 6.30. The third kappa shape index (κ3) is 5.68. The predicted octanol–water partition coefficient (Wildman–Crippen LogP) is 4.72. The molecule has 0 atom stereocenters. The van der Waals surface area contributed by atoms with Gasteiger partial charge in [-0.2, -0.15) is 5.10 Å². The molecule has 30 heavy (non-hydrogen) atoms. The second-order valence-corrected chi connectivity index (χ2v) is 6.53. The lowest BCUT2D eigenvalue weighted by molar-refractivity contribution is 0.0734. The number of rotatable bonds is 7. The van der Waals surface area contributed by atoms with Crippen LogP contribution in [0.4, 0.5) is 0 Å². The van der Waals surface area contributed by atoms with Crippen LogP contribution in [0.3, 0.4) is 0 Å². The summed E-state index contributed by atoms with van der Waals surface area (Å²) in [5.41, 5.74) is 3.80. The number of hydrogen-bond acceptors (Lipinski definition) is 5. The van der Waals surface area contributed by atoms with Crippen molar-refractivity contribution >= 4 is 29.7 Å². The second-order valence-electron chi connectivity index (χ2n) is 6.09. The molecule has 0 aromatic heterocycles.